The van der Waals surface area contributed by atoms with E-state index >= 15 is 0 Å². The van der Waals surface area contributed by atoms with Gasteiger partial charge in [0.25, 0.3) is 15.9 Å². The lowest BCUT2D eigenvalue weighted by Gasteiger charge is -2.15. The summed E-state index contributed by atoms with van der Waals surface area (Å²) in [7, 11) is -0.417. The number of nitrogens with one attached hydrogen (secondary N) is 1. The van der Waals surface area contributed by atoms with Crippen molar-refractivity contribution in [2.24, 2.45) is 0 Å². The molecule has 0 saturated heterocycles. The van der Waals surface area contributed by atoms with Crippen LogP contribution in [0.4, 0.5) is 5.69 Å². The van der Waals surface area contributed by atoms with Gasteiger partial charge in [0.15, 0.2) is 0 Å². The summed E-state index contributed by atoms with van der Waals surface area (Å²) in [4.78, 5) is 13.8. The summed E-state index contributed by atoms with van der Waals surface area (Å²) in [5.74, 6) is -0.179. The minimum Gasteiger partial charge on any atom is -0.345 e. The molecular weight excluding hydrogens is 324 g/mol. The highest BCUT2D eigenvalue weighted by atomic mass is 32.2. The van der Waals surface area contributed by atoms with Crippen LogP contribution in [0.15, 0.2) is 41.3 Å². The van der Waals surface area contributed by atoms with Crippen molar-refractivity contribution in [1.29, 1.82) is 0 Å². The van der Waals surface area contributed by atoms with E-state index in [2.05, 4.69) is 4.72 Å². The van der Waals surface area contributed by atoms with Gasteiger partial charge in [-0.2, -0.15) is 0 Å². The fourth-order valence-electron chi connectivity index (χ4n) is 2.32. The third kappa shape index (κ3) is 3.76. The van der Waals surface area contributed by atoms with Gasteiger partial charge in [-0.1, -0.05) is 18.2 Å². The molecule has 2 aromatic carbocycles. The lowest BCUT2D eigenvalue weighted by Crippen LogP contribution is -2.22. The van der Waals surface area contributed by atoms with Gasteiger partial charge in [-0.25, -0.2) is 8.42 Å². The number of carbonyl (C=O) groups excluding carboxylic acids is 1. The van der Waals surface area contributed by atoms with Crippen molar-refractivity contribution >= 4 is 21.6 Å². The second-order valence-electron chi connectivity index (χ2n) is 6.10. The Balaban J connectivity index is 2.44. The van der Waals surface area contributed by atoms with Gasteiger partial charge in [0.2, 0.25) is 0 Å². The fraction of sp³-hybridized carbons (Fsp3) is 0.278. The average molecular weight is 346 g/mol. The number of amides is 1. The van der Waals surface area contributed by atoms with Crippen LogP contribution in [-0.2, 0) is 10.0 Å². The molecule has 2 aromatic rings. The second-order valence-corrected chi connectivity index (χ2v) is 7.75. The Bertz CT molecular complexity index is 887. The first-order chi connectivity index (χ1) is 11.1. The fourth-order valence-corrected chi connectivity index (χ4v) is 3.77. The second kappa shape index (κ2) is 6.65. The molecule has 0 spiro atoms. The van der Waals surface area contributed by atoms with E-state index in [1.807, 2.05) is 13.0 Å². The van der Waals surface area contributed by atoms with Crippen molar-refractivity contribution in [3.8, 4) is 0 Å². The van der Waals surface area contributed by atoms with Crippen molar-refractivity contribution in [1.82, 2.24) is 4.90 Å². The molecule has 0 radical (unpaired) electrons. The van der Waals surface area contributed by atoms with E-state index in [9.17, 15) is 13.2 Å². The highest BCUT2D eigenvalue weighted by Crippen LogP contribution is 2.24. The molecule has 128 valence electrons. The van der Waals surface area contributed by atoms with Crippen molar-refractivity contribution < 1.29 is 13.2 Å². The molecule has 0 bridgehead atoms. The van der Waals surface area contributed by atoms with E-state index in [1.54, 1.807) is 58.3 Å². The molecule has 0 aliphatic carbocycles. The molecule has 0 atom stereocenters. The molecule has 0 aromatic heterocycles. The maximum atomic E-state index is 12.7. The normalized spacial score (nSPS) is 11.2. The zero-order valence-corrected chi connectivity index (χ0v) is 15.4. The third-order valence-corrected chi connectivity index (χ3v) is 5.28. The van der Waals surface area contributed by atoms with Gasteiger partial charge in [0.05, 0.1) is 10.6 Å². The number of benzene rings is 2. The number of anilines is 1. The molecule has 0 aliphatic rings. The average Bonchev–Trinajstić information content (AvgIpc) is 2.50. The SMILES string of the molecule is Cc1ccc(C)c(S(=O)(=O)Nc2cc(C(=O)N(C)C)ccc2C)c1. The van der Waals surface area contributed by atoms with Gasteiger partial charge in [-0.15, -0.1) is 0 Å². The van der Waals surface area contributed by atoms with Crippen molar-refractivity contribution in [3.63, 3.8) is 0 Å². The van der Waals surface area contributed by atoms with Crippen LogP contribution in [0.5, 0.6) is 0 Å². The number of rotatable bonds is 4. The van der Waals surface area contributed by atoms with Gasteiger partial charge >= 0.3 is 0 Å². The highest BCUT2D eigenvalue weighted by molar-refractivity contribution is 7.92. The number of hydrogen-bond donors (Lipinski definition) is 1. The zero-order chi connectivity index (χ0) is 18.1. The van der Waals surface area contributed by atoms with Crippen LogP contribution in [0.2, 0.25) is 0 Å². The standard InChI is InChI=1S/C18H22N2O3S/c1-12-6-7-14(3)17(10-12)24(22,23)19-16-11-15(9-8-13(16)2)18(21)20(4)5/h6-11,19H,1-5H3. The lowest BCUT2D eigenvalue weighted by atomic mass is 10.1. The predicted octanol–water partition coefficient (Wildman–Crippen LogP) is 3.11. The van der Waals surface area contributed by atoms with Crippen LogP contribution < -0.4 is 4.72 Å². The highest BCUT2D eigenvalue weighted by Gasteiger charge is 2.19. The molecule has 24 heavy (non-hydrogen) atoms. The maximum absolute atomic E-state index is 12.7. The number of hydrogen-bond acceptors (Lipinski definition) is 3. The topological polar surface area (TPSA) is 66.5 Å². The number of aryl methyl sites for hydroxylation is 3. The monoisotopic (exact) mass is 346 g/mol. The lowest BCUT2D eigenvalue weighted by molar-refractivity contribution is 0.0827. The summed E-state index contributed by atoms with van der Waals surface area (Å²) in [6, 6.07) is 10.3. The first-order valence-corrected chi connectivity index (χ1v) is 9.02. The largest absolute Gasteiger partial charge is 0.345 e. The molecule has 0 fully saturated rings. The van der Waals surface area contributed by atoms with Gasteiger partial charge in [0.1, 0.15) is 0 Å². The first kappa shape index (κ1) is 18.0. The molecule has 2 rings (SSSR count). The summed E-state index contributed by atoms with van der Waals surface area (Å²) in [5.41, 5.74) is 3.13. The Morgan fingerprint density at radius 3 is 2.21 bits per heavy atom. The van der Waals surface area contributed by atoms with E-state index in [4.69, 9.17) is 0 Å². The summed E-state index contributed by atoms with van der Waals surface area (Å²) >= 11 is 0. The van der Waals surface area contributed by atoms with E-state index in [0.29, 0.717) is 16.8 Å². The molecule has 0 aliphatic heterocycles. The van der Waals surface area contributed by atoms with Crippen LogP contribution >= 0.6 is 0 Å². The van der Waals surface area contributed by atoms with E-state index < -0.39 is 10.0 Å². The molecule has 1 amide bonds. The number of sulfonamides is 1. The molecule has 0 saturated carbocycles. The Morgan fingerprint density at radius 2 is 1.58 bits per heavy atom. The van der Waals surface area contributed by atoms with Crippen molar-refractivity contribution in [2.45, 2.75) is 25.7 Å². The summed E-state index contributed by atoms with van der Waals surface area (Å²) in [5, 5.41) is 0. The Morgan fingerprint density at radius 1 is 0.958 bits per heavy atom. The van der Waals surface area contributed by atoms with Gasteiger partial charge in [-0.3, -0.25) is 9.52 Å². The van der Waals surface area contributed by atoms with Gasteiger partial charge in [0, 0.05) is 19.7 Å². The summed E-state index contributed by atoms with van der Waals surface area (Å²) in [6.07, 6.45) is 0. The minimum absolute atomic E-state index is 0.179. The van der Waals surface area contributed by atoms with Crippen LogP contribution in [0.25, 0.3) is 0 Å². The predicted molar refractivity (Wildman–Crippen MR) is 95.9 cm³/mol. The number of nitrogens with zero attached hydrogens (tertiary/aromatic N) is 1. The third-order valence-electron chi connectivity index (χ3n) is 3.77. The van der Waals surface area contributed by atoms with Gasteiger partial charge in [-0.05, 0) is 55.7 Å². The Labute approximate surface area is 143 Å². The number of carbonyl (C=O) groups is 1. The van der Waals surface area contributed by atoms with E-state index in [0.717, 1.165) is 11.1 Å². The Hall–Kier alpha value is -2.34. The maximum Gasteiger partial charge on any atom is 0.262 e. The van der Waals surface area contributed by atoms with Crippen LogP contribution in [0, 0.1) is 20.8 Å². The van der Waals surface area contributed by atoms with Crippen LogP contribution in [0.1, 0.15) is 27.0 Å². The molecule has 6 heteroatoms. The summed E-state index contributed by atoms with van der Waals surface area (Å²) < 4.78 is 28.1. The quantitative estimate of drug-likeness (QED) is 0.925. The van der Waals surface area contributed by atoms with E-state index in [1.165, 1.54) is 4.90 Å². The smallest absolute Gasteiger partial charge is 0.262 e. The van der Waals surface area contributed by atoms with Crippen molar-refractivity contribution in [2.75, 3.05) is 18.8 Å². The first-order valence-electron chi connectivity index (χ1n) is 7.54. The van der Waals surface area contributed by atoms with E-state index in [-0.39, 0.29) is 10.8 Å². The minimum atomic E-state index is -3.73. The summed E-state index contributed by atoms with van der Waals surface area (Å²) in [6.45, 7) is 5.40. The van der Waals surface area contributed by atoms with Gasteiger partial charge < -0.3 is 4.90 Å². The molecule has 0 heterocycles. The van der Waals surface area contributed by atoms with Crippen LogP contribution in [-0.4, -0.2) is 33.3 Å². The Kier molecular flexibility index (Phi) is 4.99. The molecule has 1 N–H and O–H groups in total. The molecule has 0 unspecified atom stereocenters. The molecular formula is C18H22N2O3S. The van der Waals surface area contributed by atoms with Crippen LogP contribution in [0.3, 0.4) is 0 Å². The van der Waals surface area contributed by atoms with Crippen molar-refractivity contribution in [3.05, 3.63) is 58.7 Å². The molecule has 5 nitrogen and oxygen atoms in total. The zero-order valence-electron chi connectivity index (χ0n) is 14.5.